The van der Waals surface area contributed by atoms with E-state index in [0.717, 1.165) is 38.7 Å². The Kier molecular flexibility index (Phi) is 5.24. The molecule has 25 heavy (non-hydrogen) atoms. The van der Waals surface area contributed by atoms with Crippen LogP contribution in [0.25, 0.3) is 11.2 Å². The van der Waals surface area contributed by atoms with E-state index in [9.17, 15) is 9.59 Å². The molecule has 138 valence electrons. The first-order valence-electron chi connectivity index (χ1n) is 8.92. The smallest absolute Gasteiger partial charge is 0.329 e. The van der Waals surface area contributed by atoms with Crippen molar-refractivity contribution in [3.63, 3.8) is 0 Å². The van der Waals surface area contributed by atoms with Crippen LogP contribution in [-0.4, -0.2) is 65.0 Å². The average molecular weight is 351 g/mol. The first-order valence-corrected chi connectivity index (χ1v) is 8.92. The highest BCUT2D eigenvalue weighted by Crippen LogP contribution is 2.19. The number of piperazine rings is 1. The highest BCUT2D eigenvalue weighted by molar-refractivity contribution is 5.74. The Bertz CT molecular complexity index is 844. The third kappa shape index (κ3) is 3.34. The topological polar surface area (TPSA) is 89.6 Å². The minimum absolute atomic E-state index is 0.397. The monoisotopic (exact) mass is 351 g/mol. The molecule has 0 bridgehead atoms. The summed E-state index contributed by atoms with van der Waals surface area (Å²) < 4.78 is 8.76. The second-order valence-corrected chi connectivity index (χ2v) is 6.34. The summed E-state index contributed by atoms with van der Waals surface area (Å²) in [6, 6.07) is 0. The number of aromatic amines is 1. The lowest BCUT2D eigenvalue weighted by atomic mass is 10.3. The number of rotatable bonds is 6. The van der Waals surface area contributed by atoms with Gasteiger partial charge in [-0.05, 0) is 13.8 Å². The number of hydrogen-bond donors (Lipinski definition) is 2. The number of hydrogen-bond acceptors (Lipinski definition) is 5. The number of aryl methyl sites for hydroxylation is 1. The van der Waals surface area contributed by atoms with Crippen LogP contribution in [0.1, 0.15) is 13.8 Å². The Hall–Kier alpha value is -2.13. The van der Waals surface area contributed by atoms with Crippen LogP contribution in [0.2, 0.25) is 0 Å². The Morgan fingerprint density at radius 3 is 2.60 bits per heavy atom. The van der Waals surface area contributed by atoms with Crippen molar-refractivity contribution >= 4 is 17.1 Å². The fraction of sp³-hybridized carbons (Fsp3) is 0.688. The predicted molar refractivity (Wildman–Crippen MR) is 95.5 cm³/mol. The molecule has 2 aromatic rings. The van der Waals surface area contributed by atoms with Crippen molar-refractivity contribution in [3.8, 4) is 0 Å². The molecule has 9 heteroatoms. The summed E-state index contributed by atoms with van der Waals surface area (Å²) in [7, 11) is 1.63. The van der Waals surface area contributed by atoms with Gasteiger partial charge in [-0.1, -0.05) is 0 Å². The first-order chi connectivity index (χ1) is 12.1. The van der Waals surface area contributed by atoms with E-state index < -0.39 is 11.2 Å². The van der Waals surface area contributed by atoms with E-state index in [2.05, 4.69) is 21.8 Å². The molecule has 1 aliphatic rings. The Labute approximate surface area is 145 Å². The number of fused-ring (bicyclic) bond motifs is 1. The van der Waals surface area contributed by atoms with Gasteiger partial charge in [0.15, 0.2) is 11.2 Å². The van der Waals surface area contributed by atoms with Gasteiger partial charge in [-0.2, -0.15) is 4.98 Å². The van der Waals surface area contributed by atoms with Crippen LogP contribution in [-0.2, 0) is 18.3 Å². The zero-order valence-corrected chi connectivity index (χ0v) is 15.2. The van der Waals surface area contributed by atoms with E-state index in [0.29, 0.717) is 30.9 Å². The number of quaternary nitrogens is 1. The minimum Gasteiger partial charge on any atom is -0.380 e. The number of nitrogens with zero attached hydrogens (tertiary/aromatic N) is 4. The van der Waals surface area contributed by atoms with Crippen molar-refractivity contribution in [2.75, 3.05) is 50.8 Å². The van der Waals surface area contributed by atoms with E-state index >= 15 is 0 Å². The van der Waals surface area contributed by atoms with E-state index in [1.165, 1.54) is 4.57 Å². The molecule has 0 radical (unpaired) electrons. The second kappa shape index (κ2) is 7.40. The molecule has 0 unspecified atom stereocenters. The van der Waals surface area contributed by atoms with Crippen LogP contribution in [0.5, 0.6) is 0 Å². The molecule has 2 aromatic heterocycles. The van der Waals surface area contributed by atoms with Crippen LogP contribution < -0.4 is 21.0 Å². The molecular formula is C16H27N6O3+. The van der Waals surface area contributed by atoms with Crippen molar-refractivity contribution < 1.29 is 9.64 Å². The summed E-state index contributed by atoms with van der Waals surface area (Å²) in [6.07, 6.45) is 0. The third-order valence-corrected chi connectivity index (χ3v) is 4.90. The van der Waals surface area contributed by atoms with Gasteiger partial charge in [-0.15, -0.1) is 0 Å². The molecule has 3 heterocycles. The van der Waals surface area contributed by atoms with Gasteiger partial charge in [0.2, 0.25) is 5.95 Å². The number of anilines is 1. The van der Waals surface area contributed by atoms with E-state index in [1.54, 1.807) is 11.9 Å². The number of aromatic nitrogens is 4. The Morgan fingerprint density at radius 2 is 1.96 bits per heavy atom. The van der Waals surface area contributed by atoms with Crippen LogP contribution >= 0.6 is 0 Å². The maximum absolute atomic E-state index is 12.4. The summed E-state index contributed by atoms with van der Waals surface area (Å²) in [5.74, 6) is 0.747. The Balaban J connectivity index is 2.05. The van der Waals surface area contributed by atoms with E-state index in [-0.39, 0.29) is 0 Å². The lowest BCUT2D eigenvalue weighted by Gasteiger charge is -2.32. The molecule has 0 atom stereocenters. The summed E-state index contributed by atoms with van der Waals surface area (Å²) in [5, 5.41) is 0. The summed E-state index contributed by atoms with van der Waals surface area (Å²) >= 11 is 0. The molecule has 0 saturated carbocycles. The standard InChI is InChI=1S/C16H26N6O3/c1-4-20-6-8-21(9-7-20)15-17-13-12(22(15)10-11-25-5-2)14(23)18-16(24)19(13)3/h4-11H2,1-3H3,(H,18,23,24)/p+1. The highest BCUT2D eigenvalue weighted by atomic mass is 16.5. The first kappa shape index (κ1) is 17.7. The summed E-state index contributed by atoms with van der Waals surface area (Å²) in [6.45, 7) is 10.7. The van der Waals surface area contributed by atoms with Gasteiger partial charge in [0, 0.05) is 20.2 Å². The number of ether oxygens (including phenoxy) is 1. The van der Waals surface area contributed by atoms with Crippen molar-refractivity contribution in [1.29, 1.82) is 0 Å². The van der Waals surface area contributed by atoms with Gasteiger partial charge in [-0.3, -0.25) is 14.3 Å². The maximum atomic E-state index is 12.4. The SMILES string of the molecule is CCOCCn1c(N2CC[NH+](CC)CC2)nc2c1c(=O)[nH]c(=O)n2C. The van der Waals surface area contributed by atoms with Gasteiger partial charge < -0.3 is 19.1 Å². The van der Waals surface area contributed by atoms with Gasteiger partial charge in [0.1, 0.15) is 0 Å². The molecule has 0 amide bonds. The molecule has 9 nitrogen and oxygen atoms in total. The molecule has 1 aliphatic heterocycles. The van der Waals surface area contributed by atoms with Gasteiger partial charge in [0.25, 0.3) is 5.56 Å². The molecule has 0 aromatic carbocycles. The highest BCUT2D eigenvalue weighted by Gasteiger charge is 2.25. The van der Waals surface area contributed by atoms with Crippen molar-refractivity contribution in [2.24, 2.45) is 7.05 Å². The van der Waals surface area contributed by atoms with Crippen LogP contribution in [0, 0.1) is 0 Å². The van der Waals surface area contributed by atoms with Crippen molar-refractivity contribution in [3.05, 3.63) is 20.8 Å². The predicted octanol–water partition coefficient (Wildman–Crippen LogP) is -1.82. The lowest BCUT2D eigenvalue weighted by molar-refractivity contribution is -0.898. The molecule has 0 aliphatic carbocycles. The fourth-order valence-corrected chi connectivity index (χ4v) is 3.35. The van der Waals surface area contributed by atoms with Gasteiger partial charge in [-0.25, -0.2) is 4.79 Å². The average Bonchev–Trinajstić information content (AvgIpc) is 3.00. The second-order valence-electron chi connectivity index (χ2n) is 6.34. The number of H-pyrrole nitrogens is 1. The molecular weight excluding hydrogens is 324 g/mol. The maximum Gasteiger partial charge on any atom is 0.329 e. The summed E-state index contributed by atoms with van der Waals surface area (Å²) in [5.41, 5.74) is 0.0116. The number of likely N-dealkylation sites (N-methyl/N-ethyl adjacent to an activating group) is 1. The molecule has 1 fully saturated rings. The van der Waals surface area contributed by atoms with E-state index in [4.69, 9.17) is 4.74 Å². The molecule has 1 saturated heterocycles. The summed E-state index contributed by atoms with van der Waals surface area (Å²) in [4.78, 5) is 35.1. The van der Waals surface area contributed by atoms with Gasteiger partial charge >= 0.3 is 5.69 Å². The van der Waals surface area contributed by atoms with Crippen LogP contribution in [0.15, 0.2) is 9.59 Å². The van der Waals surface area contributed by atoms with Crippen molar-refractivity contribution in [2.45, 2.75) is 20.4 Å². The minimum atomic E-state index is -0.446. The molecule has 2 N–H and O–H groups in total. The van der Waals surface area contributed by atoms with Crippen LogP contribution in [0.3, 0.4) is 0 Å². The Morgan fingerprint density at radius 1 is 1.24 bits per heavy atom. The fourth-order valence-electron chi connectivity index (χ4n) is 3.35. The van der Waals surface area contributed by atoms with Crippen molar-refractivity contribution in [1.82, 2.24) is 19.1 Å². The largest absolute Gasteiger partial charge is 0.380 e. The quantitative estimate of drug-likeness (QED) is 0.599. The lowest BCUT2D eigenvalue weighted by Crippen LogP contribution is -3.14. The normalized spacial score (nSPS) is 16.0. The zero-order valence-electron chi connectivity index (χ0n) is 15.2. The molecule has 3 rings (SSSR count). The van der Waals surface area contributed by atoms with Gasteiger partial charge in [0.05, 0.1) is 39.3 Å². The molecule has 0 spiro atoms. The number of imidazole rings is 1. The van der Waals surface area contributed by atoms with E-state index in [1.807, 2.05) is 11.5 Å². The number of nitrogens with one attached hydrogen (secondary N) is 2. The zero-order chi connectivity index (χ0) is 18.0. The third-order valence-electron chi connectivity index (χ3n) is 4.90. The van der Waals surface area contributed by atoms with Crippen LogP contribution in [0.4, 0.5) is 5.95 Å².